The second-order valence-electron chi connectivity index (χ2n) is 9.47. The molecule has 0 N–H and O–H groups in total. The SMILES string of the molecule is Cc1cc(/C=C2/SC(=O)N(CC(=O)N3CCOCC3)C2=O)c(C)n1-c1ccc(OCc2ccccc2C#N)cc1. The number of rotatable bonds is 7. The highest BCUT2D eigenvalue weighted by atomic mass is 32.2. The number of morpholine rings is 1. The third-order valence-corrected chi connectivity index (χ3v) is 7.82. The highest BCUT2D eigenvalue weighted by Gasteiger charge is 2.37. The Bertz CT molecular complexity index is 1530. The standard InChI is InChI=1S/C30H28N4O5S/c1-20-15-24(16-27-29(36)33(30(37)40-27)18-28(35)32-11-13-38-14-12-32)21(2)34(20)25-7-9-26(10-8-25)39-19-23-6-4-3-5-22(23)17-31/h3-10,15-16H,11-14,18-19H2,1-2H3/b27-16+. The van der Waals surface area contributed by atoms with Gasteiger partial charge in [0.05, 0.1) is 29.8 Å². The molecule has 2 saturated heterocycles. The fourth-order valence-electron chi connectivity index (χ4n) is 4.76. The molecule has 40 heavy (non-hydrogen) atoms. The number of amides is 3. The highest BCUT2D eigenvalue weighted by Crippen LogP contribution is 2.34. The van der Waals surface area contributed by atoms with Crippen LogP contribution in [0.3, 0.4) is 0 Å². The van der Waals surface area contributed by atoms with Crippen molar-refractivity contribution < 1.29 is 23.9 Å². The van der Waals surface area contributed by atoms with E-state index >= 15 is 0 Å². The zero-order valence-corrected chi connectivity index (χ0v) is 23.1. The van der Waals surface area contributed by atoms with Crippen molar-refractivity contribution >= 4 is 34.9 Å². The second-order valence-corrected chi connectivity index (χ2v) is 10.5. The molecule has 5 rings (SSSR count). The first-order valence-electron chi connectivity index (χ1n) is 12.9. The highest BCUT2D eigenvalue weighted by molar-refractivity contribution is 8.18. The number of nitriles is 1. The van der Waals surface area contributed by atoms with Crippen LogP contribution in [-0.4, -0.2) is 64.3 Å². The molecule has 9 nitrogen and oxygen atoms in total. The second kappa shape index (κ2) is 11.8. The molecular weight excluding hydrogens is 528 g/mol. The van der Waals surface area contributed by atoms with E-state index in [9.17, 15) is 19.6 Å². The molecule has 0 atom stereocenters. The minimum Gasteiger partial charge on any atom is -0.489 e. The molecule has 2 fully saturated rings. The topological polar surface area (TPSA) is 105 Å². The Morgan fingerprint density at radius 3 is 2.55 bits per heavy atom. The van der Waals surface area contributed by atoms with Crippen LogP contribution in [0.15, 0.2) is 59.5 Å². The number of hydrogen-bond donors (Lipinski definition) is 0. The first-order valence-corrected chi connectivity index (χ1v) is 13.7. The third kappa shape index (κ3) is 5.66. The quantitative estimate of drug-likeness (QED) is 0.396. The lowest BCUT2D eigenvalue weighted by molar-refractivity contribution is -0.139. The number of aromatic nitrogens is 1. The number of carbonyl (C=O) groups excluding carboxylic acids is 3. The summed E-state index contributed by atoms with van der Waals surface area (Å²) in [7, 11) is 0. The lowest BCUT2D eigenvalue weighted by Gasteiger charge is -2.28. The van der Waals surface area contributed by atoms with Crippen molar-refractivity contribution in [3.05, 3.63) is 87.6 Å². The molecule has 0 radical (unpaired) electrons. The summed E-state index contributed by atoms with van der Waals surface area (Å²) in [5.41, 5.74) is 5.02. The zero-order chi connectivity index (χ0) is 28.2. The summed E-state index contributed by atoms with van der Waals surface area (Å²) < 4.78 is 13.2. The van der Waals surface area contributed by atoms with E-state index in [2.05, 4.69) is 10.6 Å². The van der Waals surface area contributed by atoms with E-state index in [4.69, 9.17) is 9.47 Å². The van der Waals surface area contributed by atoms with Gasteiger partial charge in [-0.3, -0.25) is 19.3 Å². The predicted octanol–water partition coefficient (Wildman–Crippen LogP) is 4.44. The Labute approximate surface area is 236 Å². The van der Waals surface area contributed by atoms with E-state index < -0.39 is 11.1 Å². The molecule has 10 heteroatoms. The molecule has 204 valence electrons. The van der Waals surface area contributed by atoms with Crippen LogP contribution in [0.1, 0.15) is 28.1 Å². The lowest BCUT2D eigenvalue weighted by Crippen LogP contribution is -2.46. The van der Waals surface area contributed by atoms with Crippen molar-refractivity contribution in [3.63, 3.8) is 0 Å². The van der Waals surface area contributed by atoms with Gasteiger partial charge in [-0.25, -0.2) is 0 Å². The zero-order valence-electron chi connectivity index (χ0n) is 22.3. The van der Waals surface area contributed by atoms with Crippen molar-refractivity contribution in [3.8, 4) is 17.5 Å². The maximum absolute atomic E-state index is 13.0. The van der Waals surface area contributed by atoms with Gasteiger partial charge in [0.25, 0.3) is 11.1 Å². The first-order chi connectivity index (χ1) is 19.4. The van der Waals surface area contributed by atoms with Crippen LogP contribution >= 0.6 is 11.8 Å². The molecule has 0 bridgehead atoms. The van der Waals surface area contributed by atoms with Crippen molar-refractivity contribution in [2.45, 2.75) is 20.5 Å². The van der Waals surface area contributed by atoms with Crippen molar-refractivity contribution in [2.75, 3.05) is 32.8 Å². The summed E-state index contributed by atoms with van der Waals surface area (Å²) in [6, 6.07) is 19.1. The molecule has 1 aromatic heterocycles. The predicted molar refractivity (Wildman–Crippen MR) is 151 cm³/mol. The summed E-state index contributed by atoms with van der Waals surface area (Å²) >= 11 is 0.850. The Kier molecular flexibility index (Phi) is 8.05. The molecule has 2 aliphatic heterocycles. The van der Waals surface area contributed by atoms with Crippen LogP contribution in [0, 0.1) is 25.2 Å². The van der Waals surface area contributed by atoms with Crippen LogP contribution in [0.4, 0.5) is 4.79 Å². The van der Waals surface area contributed by atoms with Gasteiger partial charge in [-0.15, -0.1) is 0 Å². The fourth-order valence-corrected chi connectivity index (χ4v) is 5.59. The minimum atomic E-state index is -0.458. The summed E-state index contributed by atoms with van der Waals surface area (Å²) in [5, 5.41) is 8.83. The molecule has 0 unspecified atom stereocenters. The summed E-state index contributed by atoms with van der Waals surface area (Å²) in [6.45, 7) is 5.78. The third-order valence-electron chi connectivity index (χ3n) is 6.91. The Morgan fingerprint density at radius 2 is 1.82 bits per heavy atom. The minimum absolute atomic E-state index is 0.258. The van der Waals surface area contributed by atoms with Crippen LogP contribution in [0.2, 0.25) is 0 Å². The van der Waals surface area contributed by atoms with Crippen molar-refractivity contribution in [2.24, 2.45) is 0 Å². The summed E-state index contributed by atoms with van der Waals surface area (Å²) in [4.78, 5) is 41.2. The van der Waals surface area contributed by atoms with Crippen LogP contribution in [0.25, 0.3) is 11.8 Å². The van der Waals surface area contributed by atoms with E-state index in [0.29, 0.717) is 49.1 Å². The van der Waals surface area contributed by atoms with Crippen LogP contribution in [0.5, 0.6) is 5.75 Å². The van der Waals surface area contributed by atoms with E-state index in [1.54, 1.807) is 17.0 Å². The maximum Gasteiger partial charge on any atom is 0.294 e. The van der Waals surface area contributed by atoms with Crippen LogP contribution in [-0.2, 0) is 20.9 Å². The Hall–Kier alpha value is -4.33. The lowest BCUT2D eigenvalue weighted by atomic mass is 10.1. The Morgan fingerprint density at radius 1 is 1.10 bits per heavy atom. The smallest absolute Gasteiger partial charge is 0.294 e. The summed E-state index contributed by atoms with van der Waals surface area (Å²) in [6.07, 6.45) is 1.72. The van der Waals surface area contributed by atoms with E-state index in [-0.39, 0.29) is 12.5 Å². The van der Waals surface area contributed by atoms with Crippen molar-refractivity contribution in [1.82, 2.24) is 14.4 Å². The van der Waals surface area contributed by atoms with Crippen LogP contribution < -0.4 is 4.74 Å². The number of aryl methyl sites for hydroxylation is 1. The average Bonchev–Trinajstić information content (AvgIpc) is 3.40. The number of nitrogens with zero attached hydrogens (tertiary/aromatic N) is 4. The molecule has 0 spiro atoms. The Balaban J connectivity index is 1.29. The van der Waals surface area contributed by atoms with E-state index in [1.807, 2.05) is 62.4 Å². The molecule has 2 aromatic carbocycles. The number of ether oxygens (including phenoxy) is 2. The van der Waals surface area contributed by atoms with Gasteiger partial charge < -0.3 is 18.9 Å². The molecule has 3 amide bonds. The largest absolute Gasteiger partial charge is 0.489 e. The van der Waals surface area contributed by atoms with Gasteiger partial charge in [0, 0.05) is 35.7 Å². The molecule has 0 aliphatic carbocycles. The maximum atomic E-state index is 13.0. The van der Waals surface area contributed by atoms with Gasteiger partial charge in [0.1, 0.15) is 18.9 Å². The molecule has 3 aromatic rings. The normalized spacial score (nSPS) is 16.5. The molecule has 0 saturated carbocycles. The molecular formula is C30H28N4O5S. The van der Waals surface area contributed by atoms with Gasteiger partial charge in [-0.05, 0) is 73.6 Å². The first kappa shape index (κ1) is 27.2. The number of benzene rings is 2. The van der Waals surface area contributed by atoms with Gasteiger partial charge in [-0.1, -0.05) is 18.2 Å². The van der Waals surface area contributed by atoms with E-state index in [1.165, 1.54) is 0 Å². The number of thioether (sulfide) groups is 1. The van der Waals surface area contributed by atoms with Crippen molar-refractivity contribution in [1.29, 1.82) is 5.26 Å². The monoisotopic (exact) mass is 556 g/mol. The van der Waals surface area contributed by atoms with Gasteiger partial charge >= 0.3 is 0 Å². The number of carbonyl (C=O) groups is 3. The fraction of sp³-hybridized carbons (Fsp3) is 0.267. The van der Waals surface area contributed by atoms with Gasteiger partial charge in [0.2, 0.25) is 5.91 Å². The average molecular weight is 557 g/mol. The molecule has 2 aliphatic rings. The van der Waals surface area contributed by atoms with Gasteiger partial charge in [0.15, 0.2) is 0 Å². The van der Waals surface area contributed by atoms with Gasteiger partial charge in [-0.2, -0.15) is 5.26 Å². The molecule has 3 heterocycles. The number of hydrogen-bond acceptors (Lipinski definition) is 7. The van der Waals surface area contributed by atoms with E-state index in [0.717, 1.165) is 44.9 Å². The summed E-state index contributed by atoms with van der Waals surface area (Å²) in [5.74, 6) is -0.0351. The number of imide groups is 1.